The Morgan fingerprint density at radius 1 is 1.20 bits per heavy atom. The SMILES string of the molecule is O=C(NCc1ccco1)N[C@@H]1CC(=O)N(CCCc2ccccc2)C1. The van der Waals surface area contributed by atoms with Crippen LogP contribution in [-0.4, -0.2) is 36.0 Å². The van der Waals surface area contributed by atoms with Crippen molar-refractivity contribution in [1.29, 1.82) is 0 Å². The number of benzene rings is 1. The van der Waals surface area contributed by atoms with Gasteiger partial charge >= 0.3 is 6.03 Å². The molecule has 0 saturated carbocycles. The molecule has 2 aromatic rings. The number of hydrogen-bond donors (Lipinski definition) is 2. The van der Waals surface area contributed by atoms with E-state index in [-0.39, 0.29) is 18.0 Å². The minimum absolute atomic E-state index is 0.101. The summed E-state index contributed by atoms with van der Waals surface area (Å²) in [4.78, 5) is 25.8. The van der Waals surface area contributed by atoms with Crippen molar-refractivity contribution in [1.82, 2.24) is 15.5 Å². The van der Waals surface area contributed by atoms with Crippen molar-refractivity contribution in [3.63, 3.8) is 0 Å². The van der Waals surface area contributed by atoms with Crippen LogP contribution in [0.4, 0.5) is 4.79 Å². The van der Waals surface area contributed by atoms with E-state index in [4.69, 9.17) is 4.42 Å². The molecule has 1 aromatic heterocycles. The second-order valence-electron chi connectivity index (χ2n) is 6.24. The van der Waals surface area contributed by atoms with E-state index in [1.165, 1.54) is 5.56 Å². The summed E-state index contributed by atoms with van der Waals surface area (Å²) in [7, 11) is 0. The van der Waals surface area contributed by atoms with Crippen LogP contribution in [0, 0.1) is 0 Å². The molecule has 1 atom stereocenters. The molecule has 6 nitrogen and oxygen atoms in total. The van der Waals surface area contributed by atoms with Gasteiger partial charge in [-0.1, -0.05) is 30.3 Å². The number of hydrogen-bond acceptors (Lipinski definition) is 3. The molecule has 1 fully saturated rings. The fraction of sp³-hybridized carbons (Fsp3) is 0.368. The van der Waals surface area contributed by atoms with E-state index in [0.29, 0.717) is 25.3 Å². The molecule has 0 unspecified atom stereocenters. The van der Waals surface area contributed by atoms with Crippen molar-refractivity contribution >= 4 is 11.9 Å². The Morgan fingerprint density at radius 3 is 2.80 bits per heavy atom. The van der Waals surface area contributed by atoms with Gasteiger partial charge in [-0.3, -0.25) is 4.79 Å². The van der Waals surface area contributed by atoms with E-state index in [9.17, 15) is 9.59 Å². The summed E-state index contributed by atoms with van der Waals surface area (Å²) in [6.07, 6.45) is 3.80. The Balaban J connectivity index is 1.37. The van der Waals surface area contributed by atoms with E-state index in [0.717, 1.165) is 19.4 Å². The number of nitrogens with zero attached hydrogens (tertiary/aromatic N) is 1. The third kappa shape index (κ3) is 5.11. The number of urea groups is 1. The van der Waals surface area contributed by atoms with Gasteiger partial charge in [-0.2, -0.15) is 0 Å². The molecule has 1 aromatic carbocycles. The first-order valence-electron chi connectivity index (χ1n) is 8.59. The van der Waals surface area contributed by atoms with Gasteiger partial charge in [-0.25, -0.2) is 4.79 Å². The summed E-state index contributed by atoms with van der Waals surface area (Å²) in [5.74, 6) is 0.796. The van der Waals surface area contributed by atoms with Gasteiger partial charge in [-0.15, -0.1) is 0 Å². The van der Waals surface area contributed by atoms with E-state index >= 15 is 0 Å². The third-order valence-corrected chi connectivity index (χ3v) is 4.29. The predicted octanol–water partition coefficient (Wildman–Crippen LogP) is 2.31. The summed E-state index contributed by atoms with van der Waals surface area (Å²) in [5, 5.41) is 5.59. The monoisotopic (exact) mass is 341 g/mol. The number of rotatable bonds is 7. The molecule has 2 N–H and O–H groups in total. The molecule has 1 saturated heterocycles. The summed E-state index contributed by atoms with van der Waals surface area (Å²) >= 11 is 0. The van der Waals surface area contributed by atoms with Gasteiger partial charge in [-0.05, 0) is 30.5 Å². The van der Waals surface area contributed by atoms with Crippen LogP contribution in [0.1, 0.15) is 24.2 Å². The molecular weight excluding hydrogens is 318 g/mol. The topological polar surface area (TPSA) is 74.6 Å². The van der Waals surface area contributed by atoms with Crippen molar-refractivity contribution in [3.05, 3.63) is 60.1 Å². The van der Waals surface area contributed by atoms with Crippen LogP contribution in [0.5, 0.6) is 0 Å². The summed E-state index contributed by atoms with van der Waals surface area (Å²) in [6, 6.07) is 13.4. The fourth-order valence-corrected chi connectivity index (χ4v) is 3.02. The minimum atomic E-state index is -0.277. The zero-order valence-electron chi connectivity index (χ0n) is 14.1. The Hall–Kier alpha value is -2.76. The van der Waals surface area contributed by atoms with E-state index in [2.05, 4.69) is 22.8 Å². The maximum Gasteiger partial charge on any atom is 0.315 e. The predicted molar refractivity (Wildman–Crippen MR) is 93.8 cm³/mol. The van der Waals surface area contributed by atoms with Gasteiger partial charge < -0.3 is 20.0 Å². The van der Waals surface area contributed by atoms with Crippen LogP contribution in [0.2, 0.25) is 0 Å². The summed E-state index contributed by atoms with van der Waals surface area (Å²) < 4.78 is 5.16. The Kier molecular flexibility index (Phi) is 5.72. The highest BCUT2D eigenvalue weighted by molar-refractivity contribution is 5.81. The molecule has 1 aliphatic rings. The molecule has 3 rings (SSSR count). The normalized spacial score (nSPS) is 16.9. The summed E-state index contributed by atoms with van der Waals surface area (Å²) in [5.41, 5.74) is 1.28. The van der Waals surface area contributed by atoms with Gasteiger partial charge in [0.2, 0.25) is 5.91 Å². The van der Waals surface area contributed by atoms with Crippen LogP contribution in [0.3, 0.4) is 0 Å². The summed E-state index contributed by atoms with van der Waals surface area (Å²) in [6.45, 7) is 1.63. The standard InChI is InChI=1S/C19H23N3O3/c23-18-12-16(21-19(24)20-13-17-9-5-11-25-17)14-22(18)10-4-8-15-6-2-1-3-7-15/h1-3,5-7,9,11,16H,4,8,10,12-14H2,(H2,20,21,24)/t16-/m1/s1. The smallest absolute Gasteiger partial charge is 0.315 e. The lowest BCUT2D eigenvalue weighted by Gasteiger charge is -2.17. The van der Waals surface area contributed by atoms with Crippen molar-refractivity contribution in [2.24, 2.45) is 0 Å². The van der Waals surface area contributed by atoms with Crippen LogP contribution >= 0.6 is 0 Å². The average Bonchev–Trinajstić information content (AvgIpc) is 3.24. The average molecular weight is 341 g/mol. The second-order valence-corrected chi connectivity index (χ2v) is 6.24. The van der Waals surface area contributed by atoms with Crippen molar-refractivity contribution in [3.8, 4) is 0 Å². The van der Waals surface area contributed by atoms with Crippen LogP contribution in [0.15, 0.2) is 53.1 Å². The Labute approximate surface area is 147 Å². The highest BCUT2D eigenvalue weighted by Gasteiger charge is 2.30. The van der Waals surface area contributed by atoms with Crippen LogP contribution in [-0.2, 0) is 17.8 Å². The maximum absolute atomic E-state index is 12.1. The quantitative estimate of drug-likeness (QED) is 0.811. The molecule has 0 bridgehead atoms. The van der Waals surface area contributed by atoms with Crippen LogP contribution < -0.4 is 10.6 Å². The first-order valence-corrected chi connectivity index (χ1v) is 8.59. The second kappa shape index (κ2) is 8.37. The molecule has 132 valence electrons. The van der Waals surface area contributed by atoms with Gasteiger partial charge in [0.25, 0.3) is 0 Å². The van der Waals surface area contributed by atoms with Crippen LogP contribution in [0.25, 0.3) is 0 Å². The Morgan fingerprint density at radius 2 is 2.04 bits per heavy atom. The van der Waals surface area contributed by atoms with Gasteiger partial charge in [0.05, 0.1) is 18.8 Å². The molecule has 1 aliphatic heterocycles. The number of likely N-dealkylation sites (tertiary alicyclic amines) is 1. The maximum atomic E-state index is 12.1. The number of amides is 3. The van der Waals surface area contributed by atoms with Gasteiger partial charge in [0.15, 0.2) is 0 Å². The largest absolute Gasteiger partial charge is 0.467 e. The molecular formula is C19H23N3O3. The Bertz CT molecular complexity index is 685. The van der Waals surface area contributed by atoms with Crippen molar-refractivity contribution in [2.75, 3.05) is 13.1 Å². The first kappa shape index (κ1) is 17.1. The number of nitrogens with one attached hydrogen (secondary N) is 2. The molecule has 0 spiro atoms. The zero-order chi connectivity index (χ0) is 17.5. The van der Waals surface area contributed by atoms with E-state index in [1.54, 1.807) is 18.4 Å². The third-order valence-electron chi connectivity index (χ3n) is 4.29. The lowest BCUT2D eigenvalue weighted by atomic mass is 10.1. The molecule has 0 aliphatic carbocycles. The van der Waals surface area contributed by atoms with Crippen molar-refractivity contribution in [2.45, 2.75) is 31.8 Å². The molecule has 25 heavy (non-hydrogen) atoms. The highest BCUT2D eigenvalue weighted by Crippen LogP contribution is 2.13. The van der Waals surface area contributed by atoms with Gasteiger partial charge in [0.1, 0.15) is 5.76 Å². The molecule has 2 heterocycles. The van der Waals surface area contributed by atoms with E-state index < -0.39 is 0 Å². The fourth-order valence-electron chi connectivity index (χ4n) is 3.02. The van der Waals surface area contributed by atoms with E-state index in [1.807, 2.05) is 23.1 Å². The minimum Gasteiger partial charge on any atom is -0.467 e. The number of carbonyl (C=O) groups is 2. The lowest BCUT2D eigenvalue weighted by Crippen LogP contribution is -2.43. The molecule has 0 radical (unpaired) electrons. The number of carbonyl (C=O) groups excluding carboxylic acids is 2. The lowest BCUT2D eigenvalue weighted by molar-refractivity contribution is -0.127. The zero-order valence-corrected chi connectivity index (χ0v) is 14.1. The van der Waals surface area contributed by atoms with Crippen molar-refractivity contribution < 1.29 is 14.0 Å². The molecule has 6 heteroatoms. The van der Waals surface area contributed by atoms with Gasteiger partial charge in [0, 0.05) is 19.5 Å². The molecule has 3 amide bonds. The highest BCUT2D eigenvalue weighted by atomic mass is 16.3. The first-order chi connectivity index (χ1) is 12.2. The number of aryl methyl sites for hydroxylation is 1. The number of furan rings is 1.